The molecule has 0 N–H and O–H groups in total. The monoisotopic (exact) mass is 626 g/mol. The Labute approximate surface area is 286 Å². The minimum Gasteiger partial charge on any atom is -0.315 e. The topological polar surface area (TPSA) is 9.86 Å². The molecule has 7 aromatic carbocycles. The summed E-state index contributed by atoms with van der Waals surface area (Å²) < 4.78 is 4.77. The van der Waals surface area contributed by atoms with Crippen LogP contribution in [0.15, 0.2) is 170 Å². The average molecular weight is 627 g/mol. The summed E-state index contributed by atoms with van der Waals surface area (Å²) in [5, 5.41) is 3.73. The van der Waals surface area contributed by atoms with Crippen LogP contribution < -0.4 is 0 Å². The predicted octanol–water partition coefficient (Wildman–Crippen LogP) is 12.4. The summed E-state index contributed by atoms with van der Waals surface area (Å²) in [6.45, 7) is 4.69. The Bertz CT molecular complexity index is 2710. The van der Waals surface area contributed by atoms with Gasteiger partial charge in [0.15, 0.2) is 0 Å². The van der Waals surface area contributed by atoms with Gasteiger partial charge in [-0.05, 0) is 93.0 Å². The van der Waals surface area contributed by atoms with Gasteiger partial charge in [0.2, 0.25) is 0 Å². The molecule has 0 amide bonds. The number of hydrogen-bond donors (Lipinski definition) is 0. The predicted molar refractivity (Wildman–Crippen MR) is 206 cm³/mol. The first-order chi connectivity index (χ1) is 24.1. The summed E-state index contributed by atoms with van der Waals surface area (Å²) in [5.74, 6) is 0. The minimum absolute atomic E-state index is 0.00940. The van der Waals surface area contributed by atoms with Gasteiger partial charge in [-0.1, -0.05) is 129 Å². The molecule has 0 unspecified atom stereocenters. The first-order valence-corrected chi connectivity index (χ1v) is 17.1. The number of rotatable bonds is 4. The van der Waals surface area contributed by atoms with E-state index in [2.05, 4.69) is 193 Å². The first-order valence-electron chi connectivity index (χ1n) is 17.1. The highest BCUT2D eigenvalue weighted by atomic mass is 15.0. The van der Waals surface area contributed by atoms with Crippen molar-refractivity contribution in [2.24, 2.45) is 0 Å². The number of nitrogens with zero attached hydrogens (tertiary/aromatic N) is 2. The molecule has 0 aliphatic heterocycles. The van der Waals surface area contributed by atoms with Crippen molar-refractivity contribution in [3.05, 3.63) is 181 Å². The number of fused-ring (bicyclic) bond motifs is 8. The third-order valence-corrected chi connectivity index (χ3v) is 10.8. The van der Waals surface area contributed by atoms with E-state index in [1.165, 1.54) is 77.2 Å². The van der Waals surface area contributed by atoms with Crippen LogP contribution in [-0.4, -0.2) is 9.13 Å². The first kappa shape index (κ1) is 27.9. The molecule has 2 aromatic heterocycles. The fourth-order valence-corrected chi connectivity index (χ4v) is 8.29. The molecule has 232 valence electrons. The zero-order valence-corrected chi connectivity index (χ0v) is 27.6. The molecule has 49 heavy (non-hydrogen) atoms. The quantitative estimate of drug-likeness (QED) is 0.184. The molecule has 9 aromatic rings. The number of hydrogen-bond acceptors (Lipinski definition) is 0. The summed E-state index contributed by atoms with van der Waals surface area (Å²) in [4.78, 5) is 0. The molecule has 0 bridgehead atoms. The number of para-hydroxylation sites is 2. The molecule has 1 aliphatic rings. The van der Waals surface area contributed by atoms with Crippen molar-refractivity contribution in [3.8, 4) is 44.8 Å². The lowest BCUT2D eigenvalue weighted by Crippen LogP contribution is -2.14. The largest absolute Gasteiger partial charge is 0.315 e. The molecule has 10 rings (SSSR count). The molecule has 0 spiro atoms. The maximum absolute atomic E-state index is 2.44. The second-order valence-corrected chi connectivity index (χ2v) is 13.8. The fourth-order valence-electron chi connectivity index (χ4n) is 8.29. The van der Waals surface area contributed by atoms with E-state index in [0.717, 1.165) is 11.4 Å². The van der Waals surface area contributed by atoms with Gasteiger partial charge in [0, 0.05) is 39.1 Å². The number of aromatic nitrogens is 2. The molecule has 0 atom stereocenters. The molecule has 0 saturated heterocycles. The summed E-state index contributed by atoms with van der Waals surface area (Å²) in [6, 6.07) is 60.1. The molecular weight excluding hydrogens is 593 g/mol. The second kappa shape index (κ2) is 10.4. The van der Waals surface area contributed by atoms with E-state index >= 15 is 0 Å². The van der Waals surface area contributed by atoms with Crippen molar-refractivity contribution < 1.29 is 0 Å². The summed E-state index contributed by atoms with van der Waals surface area (Å²) in [5.41, 5.74) is 16.4. The van der Waals surface area contributed by atoms with Gasteiger partial charge in [-0.2, -0.15) is 0 Å². The van der Waals surface area contributed by atoms with Gasteiger partial charge in [-0.15, -0.1) is 0 Å². The van der Waals surface area contributed by atoms with E-state index in [1.54, 1.807) is 0 Å². The van der Waals surface area contributed by atoms with Crippen molar-refractivity contribution >= 4 is 32.7 Å². The van der Waals surface area contributed by atoms with Crippen LogP contribution in [0.2, 0.25) is 0 Å². The average Bonchev–Trinajstić information content (AvgIpc) is 3.81. The van der Waals surface area contributed by atoms with Crippen LogP contribution in [0, 0.1) is 0 Å². The summed E-state index contributed by atoms with van der Waals surface area (Å²) in [6.07, 6.45) is 2.19. The smallest absolute Gasteiger partial charge is 0.0788 e. The van der Waals surface area contributed by atoms with Crippen LogP contribution in [0.4, 0.5) is 0 Å². The van der Waals surface area contributed by atoms with E-state index in [1.807, 2.05) is 0 Å². The zero-order valence-electron chi connectivity index (χ0n) is 27.6. The van der Waals surface area contributed by atoms with Crippen LogP contribution in [0.1, 0.15) is 25.0 Å². The molecule has 2 heterocycles. The Morgan fingerprint density at radius 3 is 1.80 bits per heavy atom. The van der Waals surface area contributed by atoms with Gasteiger partial charge in [0.1, 0.15) is 0 Å². The lowest BCUT2D eigenvalue weighted by Gasteiger charge is -2.22. The number of benzene rings is 7. The summed E-state index contributed by atoms with van der Waals surface area (Å²) >= 11 is 0. The Hall–Kier alpha value is -6.12. The van der Waals surface area contributed by atoms with Gasteiger partial charge >= 0.3 is 0 Å². The van der Waals surface area contributed by atoms with Crippen LogP contribution in [0.25, 0.3) is 77.5 Å². The highest BCUT2D eigenvalue weighted by molar-refractivity contribution is 6.18. The lowest BCUT2D eigenvalue weighted by atomic mass is 9.81. The molecule has 0 radical (unpaired) electrons. The van der Waals surface area contributed by atoms with Crippen molar-refractivity contribution in [1.29, 1.82) is 0 Å². The molecule has 0 fully saturated rings. The van der Waals surface area contributed by atoms with Crippen LogP contribution >= 0.6 is 0 Å². The minimum atomic E-state index is -0.00940. The Morgan fingerprint density at radius 2 is 1.04 bits per heavy atom. The zero-order chi connectivity index (χ0) is 32.7. The molecule has 2 nitrogen and oxygen atoms in total. The van der Waals surface area contributed by atoms with E-state index < -0.39 is 0 Å². The highest BCUT2D eigenvalue weighted by Gasteiger charge is 2.35. The van der Waals surface area contributed by atoms with Gasteiger partial charge in [-0.25, -0.2) is 0 Å². The molecule has 1 aliphatic carbocycles. The van der Waals surface area contributed by atoms with E-state index in [-0.39, 0.29) is 5.41 Å². The maximum atomic E-state index is 2.44. The third-order valence-electron chi connectivity index (χ3n) is 10.8. The van der Waals surface area contributed by atoms with Crippen molar-refractivity contribution in [3.63, 3.8) is 0 Å². The Balaban J connectivity index is 1.10. The Kier molecular flexibility index (Phi) is 5.95. The van der Waals surface area contributed by atoms with Crippen molar-refractivity contribution in [1.82, 2.24) is 9.13 Å². The van der Waals surface area contributed by atoms with Gasteiger partial charge in [0.05, 0.1) is 16.6 Å². The van der Waals surface area contributed by atoms with Gasteiger partial charge in [0.25, 0.3) is 0 Å². The standard InChI is InChI=1S/C47H34N2/c1-47(2)42-16-10-9-15-38(42)39-24-22-35(30-43(39)47)32-19-17-31(18-20-32)34-23-26-44-41(29-34)40-25-21-33-27-28-48(36-11-5-3-6-12-36)45(33)46(40)49(44)37-13-7-4-8-14-37/h3-30H,1-2H3. The highest BCUT2D eigenvalue weighted by Crippen LogP contribution is 2.49. The SMILES string of the molecule is CC1(C)c2ccccc2-c2ccc(-c3ccc(-c4ccc5c(c4)c4ccc6ccn(-c7ccccc7)c6c4n5-c4ccccc4)cc3)cc21. The van der Waals surface area contributed by atoms with E-state index in [0.29, 0.717) is 0 Å². The molecular formula is C47H34N2. The maximum Gasteiger partial charge on any atom is 0.0788 e. The van der Waals surface area contributed by atoms with Crippen LogP contribution in [0.3, 0.4) is 0 Å². The summed E-state index contributed by atoms with van der Waals surface area (Å²) in [7, 11) is 0. The normalized spacial score (nSPS) is 13.3. The van der Waals surface area contributed by atoms with E-state index in [4.69, 9.17) is 0 Å². The fraction of sp³-hybridized carbons (Fsp3) is 0.0638. The Morgan fingerprint density at radius 1 is 0.429 bits per heavy atom. The van der Waals surface area contributed by atoms with Gasteiger partial charge < -0.3 is 9.13 Å². The molecule has 0 saturated carbocycles. The lowest BCUT2D eigenvalue weighted by molar-refractivity contribution is 0.660. The van der Waals surface area contributed by atoms with Crippen LogP contribution in [-0.2, 0) is 5.41 Å². The second-order valence-electron chi connectivity index (χ2n) is 13.8. The third kappa shape index (κ3) is 4.14. The van der Waals surface area contributed by atoms with Gasteiger partial charge in [-0.3, -0.25) is 0 Å². The molecule has 2 heteroatoms. The van der Waals surface area contributed by atoms with Crippen molar-refractivity contribution in [2.75, 3.05) is 0 Å². The van der Waals surface area contributed by atoms with E-state index in [9.17, 15) is 0 Å². The van der Waals surface area contributed by atoms with Crippen LogP contribution in [0.5, 0.6) is 0 Å². The van der Waals surface area contributed by atoms with Crippen molar-refractivity contribution in [2.45, 2.75) is 19.3 Å².